The van der Waals surface area contributed by atoms with Crippen molar-refractivity contribution in [2.45, 2.75) is 25.7 Å². The first-order valence-electron chi connectivity index (χ1n) is 6.19. The standard InChI is InChI=1S/C14H16N4OS/c1-14(2)7-11(19)18-12-9(14)5-4-6-10(12)17-13(20-3)16-8-15/h4-6H,7H2,1-3H3,(H,16,17)(H,18,19). The van der Waals surface area contributed by atoms with Crippen LogP contribution in [0.2, 0.25) is 0 Å². The van der Waals surface area contributed by atoms with Crippen LogP contribution in [0.3, 0.4) is 0 Å². The number of carbonyl (C=O) groups excluding carboxylic acids is 1. The molecule has 0 bridgehead atoms. The van der Waals surface area contributed by atoms with Crippen molar-refractivity contribution in [1.29, 1.82) is 5.26 Å². The van der Waals surface area contributed by atoms with E-state index < -0.39 is 0 Å². The highest BCUT2D eigenvalue weighted by Gasteiger charge is 2.33. The molecule has 20 heavy (non-hydrogen) atoms. The average molecular weight is 288 g/mol. The number of hydrogen-bond donors (Lipinski definition) is 2. The summed E-state index contributed by atoms with van der Waals surface area (Å²) >= 11 is 1.34. The summed E-state index contributed by atoms with van der Waals surface area (Å²) in [7, 11) is 0. The van der Waals surface area contributed by atoms with Crippen LogP contribution >= 0.6 is 11.8 Å². The van der Waals surface area contributed by atoms with E-state index in [1.165, 1.54) is 11.8 Å². The average Bonchev–Trinajstić information content (AvgIpc) is 2.38. The molecule has 1 amide bonds. The highest BCUT2D eigenvalue weighted by Crippen LogP contribution is 2.42. The van der Waals surface area contributed by atoms with Crippen LogP contribution in [0, 0.1) is 11.5 Å². The van der Waals surface area contributed by atoms with Gasteiger partial charge in [-0.2, -0.15) is 5.26 Å². The van der Waals surface area contributed by atoms with Gasteiger partial charge in [-0.3, -0.25) is 10.1 Å². The van der Waals surface area contributed by atoms with E-state index in [9.17, 15) is 4.79 Å². The lowest BCUT2D eigenvalue weighted by molar-refractivity contribution is -0.117. The molecule has 1 aliphatic rings. The van der Waals surface area contributed by atoms with E-state index in [0.717, 1.165) is 11.3 Å². The Morgan fingerprint density at radius 3 is 2.95 bits per heavy atom. The molecule has 0 unspecified atom stereocenters. The first-order valence-corrected chi connectivity index (χ1v) is 7.41. The molecule has 1 heterocycles. The van der Waals surface area contributed by atoms with Gasteiger partial charge in [0.25, 0.3) is 0 Å². The minimum atomic E-state index is -0.217. The number of benzene rings is 1. The predicted molar refractivity (Wildman–Crippen MR) is 82.1 cm³/mol. The summed E-state index contributed by atoms with van der Waals surface area (Å²) in [6.45, 7) is 4.09. The highest BCUT2D eigenvalue weighted by molar-refractivity contribution is 8.13. The summed E-state index contributed by atoms with van der Waals surface area (Å²) in [4.78, 5) is 16.3. The fraction of sp³-hybridized carbons (Fsp3) is 0.357. The Morgan fingerprint density at radius 2 is 2.30 bits per heavy atom. The van der Waals surface area contributed by atoms with Crippen molar-refractivity contribution in [2.75, 3.05) is 11.6 Å². The second-order valence-corrected chi connectivity index (χ2v) is 5.96. The first kappa shape index (κ1) is 14.4. The number of hydrogen-bond acceptors (Lipinski definition) is 4. The van der Waals surface area contributed by atoms with Gasteiger partial charge in [0.2, 0.25) is 5.91 Å². The summed E-state index contributed by atoms with van der Waals surface area (Å²) in [5.41, 5.74) is 2.25. The molecule has 104 valence electrons. The molecular formula is C14H16N4OS. The summed E-state index contributed by atoms with van der Waals surface area (Å²) in [5.74, 6) is -0.0101. The SMILES string of the molecule is CSC(=Nc1cccc2c1NC(=O)CC2(C)C)NC#N. The Hall–Kier alpha value is -2.00. The first-order chi connectivity index (χ1) is 9.47. The van der Waals surface area contributed by atoms with Gasteiger partial charge >= 0.3 is 0 Å². The lowest BCUT2D eigenvalue weighted by Crippen LogP contribution is -2.32. The minimum Gasteiger partial charge on any atom is -0.324 e. The molecule has 0 spiro atoms. The molecule has 2 rings (SSSR count). The third-order valence-electron chi connectivity index (χ3n) is 3.22. The number of thioether (sulfide) groups is 1. The molecule has 0 aromatic heterocycles. The molecule has 0 saturated heterocycles. The van der Waals surface area contributed by atoms with Crippen molar-refractivity contribution in [3.05, 3.63) is 23.8 Å². The molecule has 0 atom stereocenters. The summed E-state index contributed by atoms with van der Waals surface area (Å²) < 4.78 is 0. The maximum Gasteiger partial charge on any atom is 0.225 e. The molecule has 0 aliphatic carbocycles. The van der Waals surface area contributed by atoms with Crippen molar-refractivity contribution >= 4 is 34.2 Å². The molecule has 0 fully saturated rings. The third-order valence-corrected chi connectivity index (χ3v) is 3.80. The molecule has 1 aliphatic heterocycles. The number of nitrogens with one attached hydrogen (secondary N) is 2. The van der Waals surface area contributed by atoms with E-state index in [1.54, 1.807) is 0 Å². The van der Waals surface area contributed by atoms with Crippen molar-refractivity contribution < 1.29 is 4.79 Å². The van der Waals surface area contributed by atoms with Gasteiger partial charge < -0.3 is 5.32 Å². The molecular weight excluding hydrogens is 272 g/mol. The Bertz CT molecular complexity index is 616. The third kappa shape index (κ3) is 2.78. The molecule has 1 aromatic rings. The second-order valence-electron chi connectivity index (χ2n) is 5.17. The molecule has 6 heteroatoms. The monoisotopic (exact) mass is 288 g/mol. The fourth-order valence-corrected chi connectivity index (χ4v) is 2.63. The number of anilines is 1. The number of amides is 1. The number of nitrogens with zero attached hydrogens (tertiary/aromatic N) is 2. The van der Waals surface area contributed by atoms with Crippen molar-refractivity contribution in [2.24, 2.45) is 4.99 Å². The van der Waals surface area contributed by atoms with Crippen LogP contribution in [0.15, 0.2) is 23.2 Å². The predicted octanol–water partition coefficient (Wildman–Crippen LogP) is 2.73. The zero-order valence-corrected chi connectivity index (χ0v) is 12.5. The smallest absolute Gasteiger partial charge is 0.225 e. The molecule has 5 nitrogen and oxygen atoms in total. The van der Waals surface area contributed by atoms with Gasteiger partial charge in [-0.1, -0.05) is 37.7 Å². The largest absolute Gasteiger partial charge is 0.324 e. The molecule has 1 aromatic carbocycles. The van der Waals surface area contributed by atoms with Crippen LogP contribution in [0.5, 0.6) is 0 Å². The van der Waals surface area contributed by atoms with Gasteiger partial charge in [0.05, 0.1) is 11.4 Å². The van der Waals surface area contributed by atoms with Crippen LogP contribution in [-0.4, -0.2) is 17.3 Å². The zero-order chi connectivity index (χ0) is 14.8. The van der Waals surface area contributed by atoms with Gasteiger partial charge in [0.15, 0.2) is 11.4 Å². The lowest BCUT2D eigenvalue weighted by Gasteiger charge is -2.32. The van der Waals surface area contributed by atoms with Crippen molar-refractivity contribution in [3.63, 3.8) is 0 Å². The van der Waals surface area contributed by atoms with Gasteiger partial charge in [0, 0.05) is 11.8 Å². The summed E-state index contributed by atoms with van der Waals surface area (Å²) in [6.07, 6.45) is 4.15. The Balaban J connectivity index is 2.53. The van der Waals surface area contributed by atoms with Crippen LogP contribution in [-0.2, 0) is 10.2 Å². The number of amidine groups is 1. The minimum absolute atomic E-state index is 0.0101. The normalized spacial score (nSPS) is 16.9. The molecule has 0 radical (unpaired) electrons. The van der Waals surface area contributed by atoms with Crippen LogP contribution in [0.25, 0.3) is 0 Å². The van der Waals surface area contributed by atoms with E-state index in [2.05, 4.69) is 15.6 Å². The van der Waals surface area contributed by atoms with Crippen LogP contribution in [0.4, 0.5) is 11.4 Å². The van der Waals surface area contributed by atoms with Gasteiger partial charge in [-0.15, -0.1) is 0 Å². The number of rotatable bonds is 1. The Labute approximate surface area is 122 Å². The number of aliphatic imine (C=N–C) groups is 1. The van der Waals surface area contributed by atoms with Crippen LogP contribution in [0.1, 0.15) is 25.8 Å². The van der Waals surface area contributed by atoms with E-state index in [0.29, 0.717) is 17.3 Å². The molecule has 0 saturated carbocycles. The number of fused-ring (bicyclic) bond motifs is 1. The number of para-hydroxylation sites is 1. The maximum absolute atomic E-state index is 11.8. The molecule has 2 N–H and O–H groups in total. The van der Waals surface area contributed by atoms with Gasteiger partial charge in [-0.25, -0.2) is 4.99 Å². The second kappa shape index (κ2) is 5.55. The lowest BCUT2D eigenvalue weighted by atomic mass is 9.78. The fourth-order valence-electron chi connectivity index (χ4n) is 2.29. The van der Waals surface area contributed by atoms with Gasteiger partial charge in [0.1, 0.15) is 0 Å². The van der Waals surface area contributed by atoms with Gasteiger partial charge in [-0.05, 0) is 17.9 Å². The van der Waals surface area contributed by atoms with Crippen LogP contribution < -0.4 is 10.6 Å². The highest BCUT2D eigenvalue weighted by atomic mass is 32.2. The van der Waals surface area contributed by atoms with E-state index in [4.69, 9.17) is 5.26 Å². The summed E-state index contributed by atoms with van der Waals surface area (Å²) in [6, 6.07) is 5.75. The van der Waals surface area contributed by atoms with E-state index >= 15 is 0 Å². The number of carbonyl (C=O) groups is 1. The van der Waals surface area contributed by atoms with Crippen molar-refractivity contribution in [3.8, 4) is 6.19 Å². The summed E-state index contributed by atoms with van der Waals surface area (Å²) in [5, 5.41) is 14.6. The number of nitriles is 1. The Kier molecular flexibility index (Phi) is 4.00. The van der Waals surface area contributed by atoms with Crippen molar-refractivity contribution in [1.82, 2.24) is 5.32 Å². The maximum atomic E-state index is 11.8. The van der Waals surface area contributed by atoms with E-state index in [-0.39, 0.29) is 11.3 Å². The Morgan fingerprint density at radius 1 is 1.55 bits per heavy atom. The zero-order valence-electron chi connectivity index (χ0n) is 11.7. The topological polar surface area (TPSA) is 77.3 Å². The quantitative estimate of drug-likeness (QED) is 0.360. The van der Waals surface area contributed by atoms with E-state index in [1.807, 2.05) is 44.5 Å².